The molecule has 0 fully saturated rings. The van der Waals surface area contributed by atoms with Crippen LogP contribution in [0.3, 0.4) is 0 Å². The normalized spacial score (nSPS) is 11.6. The van der Waals surface area contributed by atoms with Crippen LogP contribution in [-0.4, -0.2) is 75.6 Å². The van der Waals surface area contributed by atoms with Crippen molar-refractivity contribution in [2.24, 2.45) is 5.41 Å². The first-order chi connectivity index (χ1) is 20.6. The van der Waals surface area contributed by atoms with E-state index in [2.05, 4.69) is 51.4 Å². The summed E-state index contributed by atoms with van der Waals surface area (Å²) < 4.78 is 40.3. The molecular weight excluding hydrogens is 560 g/mol. The Morgan fingerprint density at radius 1 is 1.14 bits per heavy atom. The minimum atomic E-state index is -1.13. The van der Waals surface area contributed by atoms with E-state index in [1.165, 1.54) is 29.3 Å². The third kappa shape index (κ3) is 8.82. The molecule has 0 spiro atoms. The van der Waals surface area contributed by atoms with Crippen LogP contribution in [0.15, 0.2) is 49.1 Å². The van der Waals surface area contributed by atoms with Gasteiger partial charge in [-0.3, -0.25) is 9.48 Å². The van der Waals surface area contributed by atoms with Crippen molar-refractivity contribution in [3.63, 3.8) is 0 Å². The van der Waals surface area contributed by atoms with Gasteiger partial charge in [-0.15, -0.1) is 0 Å². The summed E-state index contributed by atoms with van der Waals surface area (Å²) in [6, 6.07) is 7.14. The Labute approximate surface area is 248 Å². The van der Waals surface area contributed by atoms with Crippen molar-refractivity contribution in [1.29, 1.82) is 0 Å². The lowest BCUT2D eigenvalue weighted by molar-refractivity contribution is -0.116. The quantitative estimate of drug-likeness (QED) is 0.179. The highest BCUT2D eigenvalue weighted by Crippen LogP contribution is 2.35. The minimum absolute atomic E-state index is 0.111. The van der Waals surface area contributed by atoms with E-state index >= 15 is 0 Å². The van der Waals surface area contributed by atoms with Crippen molar-refractivity contribution in [2.45, 2.75) is 33.7 Å². The number of aromatic nitrogens is 4. The van der Waals surface area contributed by atoms with E-state index in [1.807, 2.05) is 0 Å². The van der Waals surface area contributed by atoms with Gasteiger partial charge >= 0.3 is 0 Å². The zero-order chi connectivity index (χ0) is 31.0. The fourth-order valence-corrected chi connectivity index (χ4v) is 4.58. The summed E-state index contributed by atoms with van der Waals surface area (Å²) in [6.07, 6.45) is 5.29. The van der Waals surface area contributed by atoms with E-state index < -0.39 is 17.5 Å². The van der Waals surface area contributed by atoms with Crippen LogP contribution in [0.4, 0.5) is 26.0 Å². The Balaban J connectivity index is 1.40. The predicted molar refractivity (Wildman–Crippen MR) is 160 cm³/mol. The van der Waals surface area contributed by atoms with E-state index in [0.29, 0.717) is 47.1 Å². The Morgan fingerprint density at radius 3 is 2.70 bits per heavy atom. The molecule has 2 heterocycles. The number of anilines is 3. The first-order valence-electron chi connectivity index (χ1n) is 13.9. The molecule has 43 heavy (non-hydrogen) atoms. The third-order valence-corrected chi connectivity index (χ3v) is 6.34. The van der Waals surface area contributed by atoms with Gasteiger partial charge in [0, 0.05) is 37.3 Å². The van der Waals surface area contributed by atoms with Crippen LogP contribution in [0.25, 0.3) is 10.9 Å². The fraction of sp³-hybridized carbons (Fsp3) is 0.400. The topological polar surface area (TPSA) is 127 Å². The number of halogens is 2. The van der Waals surface area contributed by atoms with Crippen LogP contribution in [-0.2, 0) is 11.3 Å². The van der Waals surface area contributed by atoms with Crippen molar-refractivity contribution in [3.8, 4) is 11.5 Å². The lowest BCUT2D eigenvalue weighted by Gasteiger charge is -2.29. The van der Waals surface area contributed by atoms with Gasteiger partial charge in [-0.1, -0.05) is 26.8 Å². The maximum absolute atomic E-state index is 13.9. The number of rotatable bonds is 14. The monoisotopic (exact) mass is 597 g/mol. The van der Waals surface area contributed by atoms with Crippen LogP contribution >= 0.6 is 0 Å². The number of fused-ring (bicyclic) bond motifs is 1. The highest BCUT2D eigenvalue weighted by Gasteiger charge is 2.17. The smallest absolute Gasteiger partial charge is 0.246 e. The minimum Gasteiger partial charge on any atom is -0.493 e. The second kappa shape index (κ2) is 14.2. The number of amides is 1. The Kier molecular flexibility index (Phi) is 10.4. The molecule has 0 bridgehead atoms. The van der Waals surface area contributed by atoms with Crippen LogP contribution < -0.4 is 20.1 Å². The average molecular weight is 598 g/mol. The van der Waals surface area contributed by atoms with Gasteiger partial charge in [0.25, 0.3) is 0 Å². The zero-order valence-corrected chi connectivity index (χ0v) is 24.7. The lowest BCUT2D eigenvalue weighted by atomic mass is 9.96. The molecule has 13 heteroatoms. The molecule has 2 aromatic heterocycles. The van der Waals surface area contributed by atoms with Gasteiger partial charge in [0.1, 0.15) is 18.7 Å². The van der Waals surface area contributed by atoms with E-state index in [4.69, 9.17) is 9.47 Å². The molecule has 3 N–H and O–H groups in total. The van der Waals surface area contributed by atoms with Gasteiger partial charge in [0.2, 0.25) is 5.91 Å². The molecule has 0 aliphatic carbocycles. The predicted octanol–water partition coefficient (Wildman–Crippen LogP) is 4.60. The van der Waals surface area contributed by atoms with Crippen LogP contribution in [0.5, 0.6) is 11.5 Å². The highest BCUT2D eigenvalue weighted by atomic mass is 19.2. The second-order valence-electron chi connectivity index (χ2n) is 11.2. The molecule has 0 aliphatic rings. The molecule has 230 valence electrons. The SMILES string of the molecule is COc1cc2c(Nc3cnn(CC(=O)Nc4cccc(F)c4F)c3)ncnc2cc1OCCCN(CCO)CC(C)(C)C. The largest absolute Gasteiger partial charge is 0.493 e. The summed E-state index contributed by atoms with van der Waals surface area (Å²) in [5.41, 5.74) is 1.06. The van der Waals surface area contributed by atoms with Crippen LogP contribution in [0.1, 0.15) is 27.2 Å². The molecule has 2 aromatic carbocycles. The number of methoxy groups -OCH3 is 1. The summed E-state index contributed by atoms with van der Waals surface area (Å²) in [5.74, 6) is -1.18. The van der Waals surface area contributed by atoms with Gasteiger partial charge in [-0.05, 0) is 30.0 Å². The molecule has 0 saturated carbocycles. The van der Waals surface area contributed by atoms with Crippen molar-refractivity contribution in [1.82, 2.24) is 24.6 Å². The number of aliphatic hydroxyl groups excluding tert-OH is 1. The molecule has 1 amide bonds. The molecule has 0 radical (unpaired) electrons. The van der Waals surface area contributed by atoms with Gasteiger partial charge in [0.05, 0.1) is 43.4 Å². The number of benzene rings is 2. The number of hydrogen-bond acceptors (Lipinski definition) is 9. The van der Waals surface area contributed by atoms with Crippen molar-refractivity contribution >= 4 is 34.0 Å². The van der Waals surface area contributed by atoms with Gasteiger partial charge in [-0.2, -0.15) is 5.10 Å². The summed E-state index contributed by atoms with van der Waals surface area (Å²) in [5, 5.41) is 19.8. The number of carbonyl (C=O) groups excluding carboxylic acids is 1. The maximum Gasteiger partial charge on any atom is 0.246 e. The molecule has 0 aliphatic heterocycles. The number of ether oxygens (including phenoxy) is 2. The van der Waals surface area contributed by atoms with Crippen molar-refractivity contribution in [3.05, 3.63) is 60.7 Å². The van der Waals surface area contributed by atoms with Crippen LogP contribution in [0.2, 0.25) is 0 Å². The third-order valence-electron chi connectivity index (χ3n) is 6.34. The van der Waals surface area contributed by atoms with Gasteiger partial charge in [0.15, 0.2) is 23.1 Å². The Bertz CT molecular complexity index is 1540. The summed E-state index contributed by atoms with van der Waals surface area (Å²) >= 11 is 0. The molecule has 4 aromatic rings. The number of nitrogens with zero attached hydrogens (tertiary/aromatic N) is 5. The molecule has 0 saturated heterocycles. The van der Waals surface area contributed by atoms with Gasteiger partial charge in [-0.25, -0.2) is 18.7 Å². The standard InChI is InChI=1S/C30H37F2N7O4/c1-30(2,3)18-38(10-11-40)9-6-12-43-26-14-24-21(13-25(26)42-4)29(34-19-33-24)36-20-15-35-39(16-20)17-27(41)37-23-8-5-7-22(31)28(23)32/h5,7-8,13-16,19,40H,6,9-12,17-18H2,1-4H3,(H,37,41)(H,33,34,36). The Hall–Kier alpha value is -4.36. The summed E-state index contributed by atoms with van der Waals surface area (Å²) in [6.45, 7) is 9.15. The maximum atomic E-state index is 13.9. The molecule has 4 rings (SSSR count). The lowest BCUT2D eigenvalue weighted by Crippen LogP contribution is -2.36. The first-order valence-corrected chi connectivity index (χ1v) is 13.9. The van der Waals surface area contributed by atoms with Crippen LogP contribution in [0, 0.1) is 17.0 Å². The van der Waals surface area contributed by atoms with Crippen molar-refractivity contribution < 1.29 is 28.2 Å². The number of carbonyl (C=O) groups is 1. The van der Waals surface area contributed by atoms with E-state index in [-0.39, 0.29) is 24.3 Å². The summed E-state index contributed by atoms with van der Waals surface area (Å²) in [7, 11) is 1.56. The molecule has 0 atom stereocenters. The zero-order valence-electron chi connectivity index (χ0n) is 24.7. The first kappa shape index (κ1) is 31.6. The second-order valence-corrected chi connectivity index (χ2v) is 11.2. The van der Waals surface area contributed by atoms with E-state index in [9.17, 15) is 18.7 Å². The fourth-order valence-electron chi connectivity index (χ4n) is 4.58. The number of nitrogens with one attached hydrogen (secondary N) is 2. The van der Waals surface area contributed by atoms with Gasteiger partial charge < -0.3 is 30.1 Å². The highest BCUT2D eigenvalue weighted by molar-refractivity contribution is 5.93. The van der Waals surface area contributed by atoms with E-state index in [0.717, 1.165) is 25.6 Å². The Morgan fingerprint density at radius 2 is 1.95 bits per heavy atom. The average Bonchev–Trinajstić information content (AvgIpc) is 3.39. The number of hydrogen-bond donors (Lipinski definition) is 3. The summed E-state index contributed by atoms with van der Waals surface area (Å²) in [4.78, 5) is 23.3. The number of aliphatic hydroxyl groups is 1. The molecular formula is C30H37F2N7O4. The van der Waals surface area contributed by atoms with E-state index in [1.54, 1.807) is 25.4 Å². The molecule has 11 nitrogen and oxygen atoms in total. The molecule has 0 unspecified atom stereocenters. The van der Waals surface area contributed by atoms with Crippen molar-refractivity contribution in [2.75, 3.05) is 50.6 Å².